The summed E-state index contributed by atoms with van der Waals surface area (Å²) in [5, 5.41) is 4.05. The van der Waals surface area contributed by atoms with Gasteiger partial charge in [-0.3, -0.25) is 9.59 Å². The van der Waals surface area contributed by atoms with E-state index in [0.29, 0.717) is 13.2 Å². The molecule has 1 aromatic heterocycles. The lowest BCUT2D eigenvalue weighted by molar-refractivity contribution is -0.151. The van der Waals surface area contributed by atoms with Crippen molar-refractivity contribution in [3.8, 4) is 0 Å². The minimum atomic E-state index is -0.557. The third-order valence-electron chi connectivity index (χ3n) is 2.93. The van der Waals surface area contributed by atoms with Crippen LogP contribution in [0.4, 0.5) is 5.69 Å². The van der Waals surface area contributed by atoms with Gasteiger partial charge in [-0.2, -0.15) is 5.10 Å². The summed E-state index contributed by atoms with van der Waals surface area (Å²) in [4.78, 5) is 29.4. The van der Waals surface area contributed by atoms with E-state index in [4.69, 9.17) is 10.6 Å². The number of carbonyl (C=O) groups is 1. The van der Waals surface area contributed by atoms with Crippen LogP contribution in [0.5, 0.6) is 0 Å². The highest BCUT2D eigenvalue weighted by atomic mass is 16.7. The molecule has 0 aliphatic carbocycles. The van der Waals surface area contributed by atoms with E-state index in [0.717, 1.165) is 18.8 Å². The van der Waals surface area contributed by atoms with E-state index in [2.05, 4.69) is 9.94 Å². The van der Waals surface area contributed by atoms with Crippen LogP contribution in [0.3, 0.4) is 0 Å². The lowest BCUT2D eigenvalue weighted by Crippen LogP contribution is -2.37. The highest BCUT2D eigenvalue weighted by Gasteiger charge is 2.13. The second kappa shape index (κ2) is 6.98. The summed E-state index contributed by atoms with van der Waals surface area (Å²) in [6, 6.07) is 1.50. The minimum absolute atomic E-state index is 0.00794. The molecule has 3 N–H and O–H groups in total. The van der Waals surface area contributed by atoms with Crippen LogP contribution >= 0.6 is 0 Å². The molecule has 0 aromatic carbocycles. The maximum absolute atomic E-state index is 11.9. The van der Waals surface area contributed by atoms with Crippen molar-refractivity contribution in [2.24, 2.45) is 5.84 Å². The van der Waals surface area contributed by atoms with Crippen LogP contribution < -0.4 is 21.9 Å². The van der Waals surface area contributed by atoms with Crippen molar-refractivity contribution in [2.45, 2.75) is 13.0 Å². The summed E-state index contributed by atoms with van der Waals surface area (Å²) in [6.45, 7) is 2.89. The monoisotopic (exact) mass is 283 g/mol. The van der Waals surface area contributed by atoms with Gasteiger partial charge in [0.15, 0.2) is 0 Å². The first kappa shape index (κ1) is 14.4. The fourth-order valence-electron chi connectivity index (χ4n) is 1.90. The Morgan fingerprint density at radius 2 is 2.25 bits per heavy atom. The summed E-state index contributed by atoms with van der Waals surface area (Å²) in [5.41, 5.74) is 2.30. The topological polar surface area (TPSA) is 112 Å². The number of rotatable bonds is 5. The van der Waals surface area contributed by atoms with Gasteiger partial charge in [0.2, 0.25) is 0 Å². The number of anilines is 1. The summed E-state index contributed by atoms with van der Waals surface area (Å²) < 4.78 is 6.46. The number of nitrogens with two attached hydrogens (primary N) is 1. The number of morpholine rings is 1. The van der Waals surface area contributed by atoms with E-state index < -0.39 is 5.97 Å². The van der Waals surface area contributed by atoms with E-state index in [1.807, 2.05) is 4.90 Å². The molecular weight excluding hydrogens is 266 g/mol. The number of hydrogen-bond acceptors (Lipinski definition) is 8. The lowest BCUT2D eigenvalue weighted by atomic mass is 10.3. The second-order valence-electron chi connectivity index (χ2n) is 4.22. The molecule has 1 aromatic rings. The Kier molecular flexibility index (Phi) is 5.04. The standard InChI is InChI=1S/C11H17N5O4/c12-14-20-11(18)1-2-16-10(17)7-9(8-13-16)15-3-5-19-6-4-15/h7-8,14H,1-6,12H2. The van der Waals surface area contributed by atoms with Gasteiger partial charge in [-0.25, -0.2) is 10.5 Å². The predicted molar refractivity (Wildman–Crippen MR) is 69.6 cm³/mol. The highest BCUT2D eigenvalue weighted by molar-refractivity contribution is 5.68. The van der Waals surface area contributed by atoms with E-state index >= 15 is 0 Å². The number of aryl methyl sites for hydroxylation is 1. The molecule has 0 amide bonds. The first-order valence-corrected chi connectivity index (χ1v) is 6.26. The van der Waals surface area contributed by atoms with Gasteiger partial charge >= 0.3 is 5.97 Å². The molecule has 0 radical (unpaired) electrons. The van der Waals surface area contributed by atoms with Crippen LogP contribution in [0.25, 0.3) is 0 Å². The average molecular weight is 283 g/mol. The van der Waals surface area contributed by atoms with Gasteiger partial charge < -0.3 is 14.5 Å². The number of nitrogens with one attached hydrogen (secondary N) is 1. The molecular formula is C11H17N5O4. The maximum atomic E-state index is 11.9. The lowest BCUT2D eigenvalue weighted by Gasteiger charge is -2.28. The zero-order chi connectivity index (χ0) is 14.4. The normalized spacial score (nSPS) is 15.2. The van der Waals surface area contributed by atoms with Gasteiger partial charge in [-0.1, -0.05) is 5.59 Å². The largest absolute Gasteiger partial charge is 0.378 e. The molecule has 110 valence electrons. The van der Waals surface area contributed by atoms with Crippen LogP contribution in [-0.2, 0) is 20.9 Å². The Balaban J connectivity index is 1.98. The zero-order valence-corrected chi connectivity index (χ0v) is 10.9. The third-order valence-corrected chi connectivity index (χ3v) is 2.93. The Morgan fingerprint density at radius 1 is 1.50 bits per heavy atom. The van der Waals surface area contributed by atoms with Crippen LogP contribution in [0, 0.1) is 0 Å². The van der Waals surface area contributed by atoms with Crippen molar-refractivity contribution >= 4 is 11.7 Å². The van der Waals surface area contributed by atoms with Gasteiger partial charge in [-0.15, -0.1) is 0 Å². The molecule has 9 nitrogen and oxygen atoms in total. The van der Waals surface area contributed by atoms with Crippen LogP contribution in [0.2, 0.25) is 0 Å². The number of ether oxygens (including phenoxy) is 1. The minimum Gasteiger partial charge on any atom is -0.378 e. The SMILES string of the molecule is NNOC(=O)CCn1ncc(N2CCOCC2)cc1=O. The summed E-state index contributed by atoms with van der Waals surface area (Å²) in [5.74, 6) is 4.28. The van der Waals surface area contributed by atoms with Crippen molar-refractivity contribution < 1.29 is 14.4 Å². The fourth-order valence-corrected chi connectivity index (χ4v) is 1.90. The molecule has 1 saturated heterocycles. The molecule has 1 fully saturated rings. The van der Waals surface area contributed by atoms with E-state index in [9.17, 15) is 9.59 Å². The molecule has 0 saturated carbocycles. The molecule has 2 heterocycles. The van der Waals surface area contributed by atoms with Crippen molar-refractivity contribution in [3.05, 3.63) is 22.6 Å². The van der Waals surface area contributed by atoms with E-state index in [1.54, 1.807) is 11.8 Å². The molecule has 9 heteroatoms. The third kappa shape index (κ3) is 3.76. The Labute approximate surface area is 115 Å². The molecule has 1 aliphatic heterocycles. The fraction of sp³-hybridized carbons (Fsp3) is 0.545. The highest BCUT2D eigenvalue weighted by Crippen LogP contribution is 2.11. The summed E-state index contributed by atoms with van der Waals surface area (Å²) in [6.07, 6.45) is 1.62. The zero-order valence-electron chi connectivity index (χ0n) is 10.9. The van der Waals surface area contributed by atoms with Gasteiger partial charge in [-0.05, 0) is 0 Å². The molecule has 2 rings (SSSR count). The van der Waals surface area contributed by atoms with Crippen molar-refractivity contribution in [1.82, 2.24) is 15.4 Å². The molecule has 1 aliphatic rings. The first-order valence-electron chi connectivity index (χ1n) is 6.26. The smallest absolute Gasteiger partial charge is 0.328 e. The van der Waals surface area contributed by atoms with Crippen LogP contribution in [0.15, 0.2) is 17.1 Å². The van der Waals surface area contributed by atoms with Gasteiger partial charge in [0, 0.05) is 19.2 Å². The van der Waals surface area contributed by atoms with Crippen molar-refractivity contribution in [3.63, 3.8) is 0 Å². The second-order valence-corrected chi connectivity index (χ2v) is 4.22. The molecule has 0 bridgehead atoms. The number of nitrogens with zero attached hydrogens (tertiary/aromatic N) is 3. The summed E-state index contributed by atoms with van der Waals surface area (Å²) >= 11 is 0. The number of aromatic nitrogens is 2. The van der Waals surface area contributed by atoms with Gasteiger partial charge in [0.05, 0.1) is 38.1 Å². The van der Waals surface area contributed by atoms with E-state index in [-0.39, 0.29) is 18.5 Å². The van der Waals surface area contributed by atoms with Crippen molar-refractivity contribution in [2.75, 3.05) is 31.2 Å². The van der Waals surface area contributed by atoms with Crippen LogP contribution in [-0.4, -0.2) is 42.1 Å². The number of hydrogen-bond donors (Lipinski definition) is 2. The predicted octanol–water partition coefficient (Wildman–Crippen LogP) is -1.61. The quantitative estimate of drug-likeness (QED) is 0.490. The van der Waals surface area contributed by atoms with Crippen LogP contribution in [0.1, 0.15) is 6.42 Å². The molecule has 0 atom stereocenters. The van der Waals surface area contributed by atoms with Gasteiger partial charge in [0.1, 0.15) is 0 Å². The molecule has 0 unspecified atom stereocenters. The Morgan fingerprint density at radius 3 is 2.90 bits per heavy atom. The summed E-state index contributed by atoms with van der Waals surface area (Å²) in [7, 11) is 0. The Hall–Kier alpha value is -1.97. The number of carbonyl (C=O) groups excluding carboxylic acids is 1. The molecule has 0 spiro atoms. The van der Waals surface area contributed by atoms with Gasteiger partial charge in [0.25, 0.3) is 5.56 Å². The van der Waals surface area contributed by atoms with Crippen molar-refractivity contribution in [1.29, 1.82) is 0 Å². The average Bonchev–Trinajstić information content (AvgIpc) is 2.47. The number of hydrazine groups is 1. The van der Waals surface area contributed by atoms with E-state index in [1.165, 1.54) is 10.7 Å². The first-order chi connectivity index (χ1) is 9.70. The maximum Gasteiger partial charge on any atom is 0.328 e. The Bertz CT molecular complexity index is 512. The molecule has 20 heavy (non-hydrogen) atoms.